The molecule has 0 bridgehead atoms. The molecule has 3 nitrogen and oxygen atoms in total. The molecule has 3 heteroatoms. The number of nitrogens with zero attached hydrogens (tertiary/aromatic N) is 1. The van der Waals surface area contributed by atoms with Crippen molar-refractivity contribution in [2.45, 2.75) is 31.7 Å². The summed E-state index contributed by atoms with van der Waals surface area (Å²) >= 11 is 0. The molecule has 1 aliphatic rings. The number of hydrogen-bond donors (Lipinski definition) is 0. The normalized spacial score (nSPS) is 14.8. The summed E-state index contributed by atoms with van der Waals surface area (Å²) in [4.78, 5) is 2.45. The van der Waals surface area contributed by atoms with Gasteiger partial charge in [-0.1, -0.05) is 12.8 Å². The third-order valence-corrected chi connectivity index (χ3v) is 4.39. The van der Waals surface area contributed by atoms with Gasteiger partial charge in [0.1, 0.15) is 11.5 Å². The molecule has 0 N–H and O–H groups in total. The van der Waals surface area contributed by atoms with Crippen LogP contribution in [0.2, 0.25) is 0 Å². The highest BCUT2D eigenvalue weighted by atomic mass is 16.5. The summed E-state index contributed by atoms with van der Waals surface area (Å²) in [5.74, 6) is 1.79. The molecule has 0 amide bonds. The predicted molar refractivity (Wildman–Crippen MR) is 90.4 cm³/mol. The second kappa shape index (κ2) is 6.73. The zero-order valence-corrected chi connectivity index (χ0v) is 13.3. The molecule has 0 saturated heterocycles. The molecule has 0 spiro atoms. The first-order valence-electron chi connectivity index (χ1n) is 7.89. The van der Waals surface area contributed by atoms with Gasteiger partial charge in [-0.15, -0.1) is 0 Å². The number of methoxy groups -OCH3 is 2. The Morgan fingerprint density at radius 1 is 0.727 bits per heavy atom. The summed E-state index contributed by atoms with van der Waals surface area (Å²) in [5.41, 5.74) is 2.44. The summed E-state index contributed by atoms with van der Waals surface area (Å²) in [6.07, 6.45) is 5.12. The lowest BCUT2D eigenvalue weighted by Gasteiger charge is -2.31. The van der Waals surface area contributed by atoms with Crippen LogP contribution in [0.15, 0.2) is 48.5 Å². The lowest BCUT2D eigenvalue weighted by molar-refractivity contribution is 0.414. The van der Waals surface area contributed by atoms with Gasteiger partial charge in [-0.3, -0.25) is 0 Å². The zero-order chi connectivity index (χ0) is 15.4. The standard InChI is InChI=1S/C19H23NO2/c1-21-18-11-7-16(8-12-18)20(15-5-3-4-6-15)17-9-13-19(22-2)14-10-17/h7-15H,3-6H2,1-2H3. The molecule has 2 aromatic rings. The first kappa shape index (κ1) is 14.8. The quantitative estimate of drug-likeness (QED) is 0.792. The van der Waals surface area contributed by atoms with Crippen molar-refractivity contribution in [3.8, 4) is 11.5 Å². The van der Waals surface area contributed by atoms with E-state index in [2.05, 4.69) is 29.2 Å². The molecule has 0 aromatic heterocycles. The maximum absolute atomic E-state index is 5.28. The third kappa shape index (κ3) is 3.03. The van der Waals surface area contributed by atoms with E-state index in [0.717, 1.165) is 11.5 Å². The molecular formula is C19H23NO2. The Kier molecular flexibility index (Phi) is 4.52. The minimum absolute atomic E-state index is 0.571. The van der Waals surface area contributed by atoms with E-state index in [9.17, 15) is 0 Å². The highest BCUT2D eigenvalue weighted by molar-refractivity contribution is 5.65. The number of ether oxygens (including phenoxy) is 2. The van der Waals surface area contributed by atoms with Gasteiger partial charge < -0.3 is 14.4 Å². The van der Waals surface area contributed by atoms with Crippen LogP contribution in [0.25, 0.3) is 0 Å². The molecule has 2 aromatic carbocycles. The van der Waals surface area contributed by atoms with Gasteiger partial charge in [0.05, 0.1) is 14.2 Å². The van der Waals surface area contributed by atoms with E-state index < -0.39 is 0 Å². The molecule has 0 heterocycles. The second-order valence-corrected chi connectivity index (χ2v) is 5.70. The fourth-order valence-electron chi connectivity index (χ4n) is 3.22. The Bertz CT molecular complexity index is 538. The minimum Gasteiger partial charge on any atom is -0.497 e. The van der Waals surface area contributed by atoms with E-state index in [1.165, 1.54) is 37.1 Å². The fourth-order valence-corrected chi connectivity index (χ4v) is 3.22. The van der Waals surface area contributed by atoms with E-state index in [1.54, 1.807) is 14.2 Å². The molecule has 1 fully saturated rings. The van der Waals surface area contributed by atoms with Crippen molar-refractivity contribution >= 4 is 11.4 Å². The first-order chi connectivity index (χ1) is 10.8. The molecule has 0 aliphatic heterocycles. The van der Waals surface area contributed by atoms with Crippen LogP contribution in [-0.2, 0) is 0 Å². The van der Waals surface area contributed by atoms with Gasteiger partial charge in [-0.25, -0.2) is 0 Å². The molecule has 1 saturated carbocycles. The molecule has 0 unspecified atom stereocenters. The molecule has 0 radical (unpaired) electrons. The monoisotopic (exact) mass is 297 g/mol. The third-order valence-electron chi connectivity index (χ3n) is 4.39. The molecule has 3 rings (SSSR count). The highest BCUT2D eigenvalue weighted by Gasteiger charge is 2.24. The summed E-state index contributed by atoms with van der Waals surface area (Å²) in [6.45, 7) is 0. The molecule has 116 valence electrons. The Morgan fingerprint density at radius 3 is 1.50 bits per heavy atom. The average molecular weight is 297 g/mol. The smallest absolute Gasteiger partial charge is 0.119 e. The van der Waals surface area contributed by atoms with Crippen LogP contribution >= 0.6 is 0 Å². The van der Waals surface area contributed by atoms with Crippen LogP contribution in [0.4, 0.5) is 11.4 Å². The van der Waals surface area contributed by atoms with Crippen molar-refractivity contribution in [2.24, 2.45) is 0 Å². The van der Waals surface area contributed by atoms with E-state index in [1.807, 2.05) is 24.3 Å². The van der Waals surface area contributed by atoms with Crippen molar-refractivity contribution < 1.29 is 9.47 Å². The Morgan fingerprint density at radius 2 is 1.14 bits per heavy atom. The van der Waals surface area contributed by atoms with E-state index in [4.69, 9.17) is 9.47 Å². The number of hydrogen-bond acceptors (Lipinski definition) is 3. The Balaban J connectivity index is 1.94. The molecule has 22 heavy (non-hydrogen) atoms. The SMILES string of the molecule is COc1ccc(N(c2ccc(OC)cc2)C2CCCC2)cc1. The van der Waals surface area contributed by atoms with Gasteiger partial charge in [0.15, 0.2) is 0 Å². The number of rotatable bonds is 5. The molecule has 0 atom stereocenters. The highest BCUT2D eigenvalue weighted by Crippen LogP contribution is 2.36. The summed E-state index contributed by atoms with van der Waals surface area (Å²) in [7, 11) is 3.40. The average Bonchev–Trinajstić information content (AvgIpc) is 3.10. The maximum atomic E-state index is 5.28. The van der Waals surface area contributed by atoms with Crippen molar-refractivity contribution in [3.63, 3.8) is 0 Å². The van der Waals surface area contributed by atoms with Gasteiger partial charge in [0.25, 0.3) is 0 Å². The molecular weight excluding hydrogens is 274 g/mol. The van der Waals surface area contributed by atoms with Crippen molar-refractivity contribution in [3.05, 3.63) is 48.5 Å². The summed E-state index contributed by atoms with van der Waals surface area (Å²) in [5, 5.41) is 0. The summed E-state index contributed by atoms with van der Waals surface area (Å²) in [6, 6.07) is 17.2. The van der Waals surface area contributed by atoms with Crippen molar-refractivity contribution in [1.82, 2.24) is 0 Å². The van der Waals surface area contributed by atoms with E-state index >= 15 is 0 Å². The summed E-state index contributed by atoms with van der Waals surface area (Å²) < 4.78 is 10.6. The lowest BCUT2D eigenvalue weighted by atomic mass is 10.1. The van der Waals surface area contributed by atoms with Crippen molar-refractivity contribution in [2.75, 3.05) is 19.1 Å². The van der Waals surface area contributed by atoms with Crippen LogP contribution in [0, 0.1) is 0 Å². The first-order valence-corrected chi connectivity index (χ1v) is 7.89. The largest absolute Gasteiger partial charge is 0.497 e. The van der Waals surface area contributed by atoms with Crippen LogP contribution in [0.5, 0.6) is 11.5 Å². The van der Waals surface area contributed by atoms with Crippen molar-refractivity contribution in [1.29, 1.82) is 0 Å². The number of anilines is 2. The van der Waals surface area contributed by atoms with Crippen LogP contribution in [0.3, 0.4) is 0 Å². The van der Waals surface area contributed by atoms with E-state index in [-0.39, 0.29) is 0 Å². The minimum atomic E-state index is 0.571. The van der Waals surface area contributed by atoms with Gasteiger partial charge in [0, 0.05) is 17.4 Å². The van der Waals surface area contributed by atoms with Crippen LogP contribution in [0.1, 0.15) is 25.7 Å². The molecule has 1 aliphatic carbocycles. The maximum Gasteiger partial charge on any atom is 0.119 e. The van der Waals surface area contributed by atoms with Gasteiger partial charge in [0.2, 0.25) is 0 Å². The van der Waals surface area contributed by atoms with E-state index in [0.29, 0.717) is 6.04 Å². The second-order valence-electron chi connectivity index (χ2n) is 5.70. The lowest BCUT2D eigenvalue weighted by Crippen LogP contribution is -2.28. The predicted octanol–water partition coefficient (Wildman–Crippen LogP) is 4.78. The number of benzene rings is 2. The zero-order valence-electron chi connectivity index (χ0n) is 13.3. The van der Waals surface area contributed by atoms with Gasteiger partial charge in [-0.2, -0.15) is 0 Å². The van der Waals surface area contributed by atoms with Crippen LogP contribution < -0.4 is 14.4 Å². The fraction of sp³-hybridized carbons (Fsp3) is 0.368. The Hall–Kier alpha value is -2.16. The topological polar surface area (TPSA) is 21.7 Å². The van der Waals surface area contributed by atoms with Crippen LogP contribution in [-0.4, -0.2) is 20.3 Å². The Labute approximate surface area is 132 Å². The van der Waals surface area contributed by atoms with Gasteiger partial charge in [-0.05, 0) is 61.4 Å². The van der Waals surface area contributed by atoms with Gasteiger partial charge >= 0.3 is 0 Å².